The topological polar surface area (TPSA) is 87.9 Å². The molecule has 0 aliphatic carbocycles. The molecule has 1 amide bonds. The fraction of sp³-hybridized carbons (Fsp3) is 0.625. The fourth-order valence-corrected chi connectivity index (χ4v) is 1.07. The Hall–Kier alpha value is -1.59. The van der Waals surface area contributed by atoms with Crippen molar-refractivity contribution < 1.29 is 4.79 Å². The Labute approximate surface area is 82.5 Å². The maximum Gasteiger partial charge on any atom is 0.278 e. The highest BCUT2D eigenvalue weighted by Gasteiger charge is 2.17. The number of nitrogens with one attached hydrogen (secondary N) is 1. The zero-order valence-corrected chi connectivity index (χ0v) is 8.45. The predicted octanol–water partition coefficient (Wildman–Crippen LogP) is 0.259. The van der Waals surface area contributed by atoms with Gasteiger partial charge in [-0.3, -0.25) is 4.79 Å². The van der Waals surface area contributed by atoms with Crippen LogP contribution >= 0.6 is 0 Å². The van der Waals surface area contributed by atoms with Gasteiger partial charge in [-0.05, 0) is 6.42 Å². The van der Waals surface area contributed by atoms with E-state index < -0.39 is 0 Å². The average Bonchev–Trinajstić information content (AvgIpc) is 2.59. The van der Waals surface area contributed by atoms with E-state index in [-0.39, 0.29) is 17.4 Å². The van der Waals surface area contributed by atoms with E-state index >= 15 is 0 Å². The predicted molar refractivity (Wildman–Crippen MR) is 52.7 cm³/mol. The van der Waals surface area contributed by atoms with Crippen molar-refractivity contribution in [3.63, 3.8) is 0 Å². The second-order valence-electron chi connectivity index (χ2n) is 3.14. The van der Waals surface area contributed by atoms with Gasteiger partial charge in [0.1, 0.15) is 0 Å². The number of carbonyl (C=O) groups is 1. The summed E-state index contributed by atoms with van der Waals surface area (Å²) in [4.78, 5) is 13.3. The zero-order chi connectivity index (χ0) is 10.6. The summed E-state index contributed by atoms with van der Waals surface area (Å²) in [6.45, 7) is 2.78. The van der Waals surface area contributed by atoms with Gasteiger partial charge in [0.2, 0.25) is 0 Å². The largest absolute Gasteiger partial charge is 0.380 e. The summed E-state index contributed by atoms with van der Waals surface area (Å²) in [6, 6.07) is 0. The van der Waals surface area contributed by atoms with E-state index in [0.717, 1.165) is 12.8 Å². The van der Waals surface area contributed by atoms with Crippen molar-refractivity contribution in [1.29, 1.82) is 0 Å². The maximum atomic E-state index is 11.7. The van der Waals surface area contributed by atoms with Crippen molar-refractivity contribution in [2.24, 2.45) is 0 Å². The summed E-state index contributed by atoms with van der Waals surface area (Å²) in [7, 11) is 1.73. The number of nitrogen functional groups attached to an aromatic ring is 1. The molecule has 0 aliphatic rings. The quantitative estimate of drug-likeness (QED) is 0.724. The lowest BCUT2D eigenvalue weighted by atomic mass is 10.3. The van der Waals surface area contributed by atoms with E-state index in [1.54, 1.807) is 11.9 Å². The number of amides is 1. The maximum absolute atomic E-state index is 11.7. The molecule has 0 spiro atoms. The molecule has 6 heteroatoms. The molecule has 78 valence electrons. The smallest absolute Gasteiger partial charge is 0.278 e. The lowest BCUT2D eigenvalue weighted by Crippen LogP contribution is -2.28. The summed E-state index contributed by atoms with van der Waals surface area (Å²) in [6.07, 6.45) is 2.02. The molecule has 14 heavy (non-hydrogen) atoms. The first-order chi connectivity index (χ1) is 6.66. The van der Waals surface area contributed by atoms with E-state index in [1.165, 1.54) is 0 Å². The van der Waals surface area contributed by atoms with Gasteiger partial charge in [-0.15, -0.1) is 10.2 Å². The summed E-state index contributed by atoms with van der Waals surface area (Å²) >= 11 is 0. The van der Waals surface area contributed by atoms with Crippen molar-refractivity contribution in [2.45, 2.75) is 19.8 Å². The lowest BCUT2D eigenvalue weighted by molar-refractivity contribution is 0.0788. The van der Waals surface area contributed by atoms with Crippen LogP contribution in [-0.2, 0) is 0 Å². The van der Waals surface area contributed by atoms with Crippen LogP contribution in [0.5, 0.6) is 0 Å². The number of H-pyrrole nitrogens is 1. The van der Waals surface area contributed by atoms with Crippen LogP contribution in [0.3, 0.4) is 0 Å². The minimum atomic E-state index is -0.190. The number of unbranched alkanes of at least 4 members (excludes halogenated alkanes) is 1. The number of carbonyl (C=O) groups excluding carboxylic acids is 1. The minimum absolute atomic E-state index is 0.151. The van der Waals surface area contributed by atoms with Crippen molar-refractivity contribution in [3.05, 3.63) is 5.69 Å². The molecule has 0 radical (unpaired) electrons. The van der Waals surface area contributed by atoms with Crippen LogP contribution in [0.15, 0.2) is 0 Å². The van der Waals surface area contributed by atoms with Crippen LogP contribution in [0.25, 0.3) is 0 Å². The number of aromatic amines is 1. The second-order valence-corrected chi connectivity index (χ2v) is 3.14. The molecule has 3 N–H and O–H groups in total. The molecule has 1 rings (SSSR count). The van der Waals surface area contributed by atoms with Crippen molar-refractivity contribution in [3.8, 4) is 0 Å². The first kappa shape index (κ1) is 10.5. The number of aromatic nitrogens is 3. The fourth-order valence-electron chi connectivity index (χ4n) is 1.07. The molecule has 0 atom stereocenters. The zero-order valence-electron chi connectivity index (χ0n) is 8.45. The Bertz CT molecular complexity index is 308. The highest BCUT2D eigenvalue weighted by atomic mass is 16.2. The Kier molecular flexibility index (Phi) is 3.44. The van der Waals surface area contributed by atoms with Gasteiger partial charge >= 0.3 is 0 Å². The lowest BCUT2D eigenvalue weighted by Gasteiger charge is -2.14. The third-order valence-corrected chi connectivity index (χ3v) is 1.97. The third kappa shape index (κ3) is 2.21. The monoisotopic (exact) mass is 197 g/mol. The number of nitrogens with two attached hydrogens (primary N) is 1. The van der Waals surface area contributed by atoms with Crippen LogP contribution in [0.4, 0.5) is 5.82 Å². The van der Waals surface area contributed by atoms with Crippen molar-refractivity contribution in [2.75, 3.05) is 19.3 Å². The molecular weight excluding hydrogens is 182 g/mol. The average molecular weight is 197 g/mol. The molecule has 0 saturated heterocycles. The van der Waals surface area contributed by atoms with Crippen molar-refractivity contribution in [1.82, 2.24) is 20.3 Å². The number of hydrogen-bond donors (Lipinski definition) is 2. The van der Waals surface area contributed by atoms with Crippen molar-refractivity contribution >= 4 is 11.7 Å². The number of nitrogens with zero attached hydrogens (tertiary/aromatic N) is 3. The van der Waals surface area contributed by atoms with E-state index in [1.807, 2.05) is 0 Å². The summed E-state index contributed by atoms with van der Waals surface area (Å²) in [5, 5.41) is 9.60. The molecule has 0 bridgehead atoms. The molecule has 6 nitrogen and oxygen atoms in total. The highest BCUT2D eigenvalue weighted by molar-refractivity contribution is 5.95. The second kappa shape index (κ2) is 4.59. The molecule has 1 heterocycles. The van der Waals surface area contributed by atoms with Crippen LogP contribution < -0.4 is 5.73 Å². The van der Waals surface area contributed by atoms with Gasteiger partial charge in [-0.2, -0.15) is 5.21 Å². The van der Waals surface area contributed by atoms with Crippen LogP contribution in [0.2, 0.25) is 0 Å². The normalized spacial score (nSPS) is 10.1. The van der Waals surface area contributed by atoms with Gasteiger partial charge in [0, 0.05) is 13.6 Å². The molecule has 1 aromatic heterocycles. The summed E-state index contributed by atoms with van der Waals surface area (Å²) < 4.78 is 0. The number of hydrogen-bond acceptors (Lipinski definition) is 4. The Balaban J connectivity index is 2.61. The van der Waals surface area contributed by atoms with Crippen LogP contribution in [0, 0.1) is 0 Å². The first-order valence-corrected chi connectivity index (χ1v) is 4.58. The van der Waals surface area contributed by atoms with Gasteiger partial charge in [-0.1, -0.05) is 13.3 Å². The minimum Gasteiger partial charge on any atom is -0.380 e. The first-order valence-electron chi connectivity index (χ1n) is 4.58. The Morgan fingerprint density at radius 1 is 1.57 bits per heavy atom. The third-order valence-electron chi connectivity index (χ3n) is 1.97. The van der Waals surface area contributed by atoms with Gasteiger partial charge in [0.15, 0.2) is 11.5 Å². The molecule has 0 saturated carbocycles. The molecular formula is C8H15N5O. The number of rotatable bonds is 4. The van der Waals surface area contributed by atoms with Crippen LogP contribution in [0.1, 0.15) is 30.3 Å². The summed E-state index contributed by atoms with van der Waals surface area (Å²) in [5.74, 6) is -0.0388. The van der Waals surface area contributed by atoms with E-state index in [2.05, 4.69) is 22.3 Å². The Morgan fingerprint density at radius 2 is 2.29 bits per heavy atom. The molecule has 0 fully saturated rings. The van der Waals surface area contributed by atoms with Gasteiger partial charge in [0.05, 0.1) is 0 Å². The standard InChI is InChI=1S/C8H15N5O/c1-3-4-5-13(2)8(14)6-7(9)11-12-10-6/h3-5H2,1-2H3,(H3,9,10,11,12). The van der Waals surface area contributed by atoms with E-state index in [0.29, 0.717) is 6.54 Å². The molecule has 1 aromatic rings. The highest BCUT2D eigenvalue weighted by Crippen LogP contribution is 2.06. The number of anilines is 1. The molecule has 0 unspecified atom stereocenters. The Morgan fingerprint density at radius 3 is 2.79 bits per heavy atom. The van der Waals surface area contributed by atoms with E-state index in [9.17, 15) is 4.79 Å². The van der Waals surface area contributed by atoms with Gasteiger partial charge in [-0.25, -0.2) is 0 Å². The van der Waals surface area contributed by atoms with Gasteiger partial charge < -0.3 is 10.6 Å². The van der Waals surface area contributed by atoms with Gasteiger partial charge in [0.25, 0.3) is 5.91 Å². The molecule has 0 aliphatic heterocycles. The van der Waals surface area contributed by atoms with E-state index in [4.69, 9.17) is 5.73 Å². The SMILES string of the molecule is CCCCN(C)C(=O)c1n[nH]nc1N. The van der Waals surface area contributed by atoms with Crippen LogP contribution in [-0.4, -0.2) is 39.8 Å². The molecule has 0 aromatic carbocycles. The summed E-state index contributed by atoms with van der Waals surface area (Å²) in [5.41, 5.74) is 5.65.